The molecule has 0 aliphatic heterocycles. The van der Waals surface area contributed by atoms with Gasteiger partial charge in [-0.3, -0.25) is 4.79 Å². The molecule has 21 heavy (non-hydrogen) atoms. The SMILES string of the molecule is CC(C)CC1(C(=O)NCC2CCCCC2CCl)CCCC1. The van der Waals surface area contributed by atoms with E-state index in [0.29, 0.717) is 23.7 Å². The van der Waals surface area contributed by atoms with Crippen LogP contribution in [-0.2, 0) is 4.79 Å². The van der Waals surface area contributed by atoms with Crippen LogP contribution in [0.5, 0.6) is 0 Å². The molecule has 3 heteroatoms. The van der Waals surface area contributed by atoms with Gasteiger partial charge in [-0.05, 0) is 49.9 Å². The van der Waals surface area contributed by atoms with Crippen LogP contribution in [0.15, 0.2) is 0 Å². The first-order chi connectivity index (χ1) is 10.1. The van der Waals surface area contributed by atoms with Crippen LogP contribution < -0.4 is 5.32 Å². The maximum absolute atomic E-state index is 12.8. The molecule has 0 aromatic heterocycles. The second-order valence-corrected chi connectivity index (χ2v) is 8.06. The highest BCUT2D eigenvalue weighted by Gasteiger charge is 2.41. The molecule has 2 nitrogen and oxygen atoms in total. The normalized spacial score (nSPS) is 28.8. The molecule has 2 fully saturated rings. The van der Waals surface area contributed by atoms with E-state index < -0.39 is 0 Å². The Kier molecular flexibility index (Phi) is 6.40. The van der Waals surface area contributed by atoms with Crippen LogP contribution >= 0.6 is 11.6 Å². The lowest BCUT2D eigenvalue weighted by molar-refractivity contribution is -0.132. The maximum atomic E-state index is 12.8. The molecular formula is C18H32ClNO. The van der Waals surface area contributed by atoms with E-state index in [2.05, 4.69) is 19.2 Å². The highest BCUT2D eigenvalue weighted by atomic mass is 35.5. The summed E-state index contributed by atoms with van der Waals surface area (Å²) in [6, 6.07) is 0. The van der Waals surface area contributed by atoms with Crippen LogP contribution in [0.4, 0.5) is 0 Å². The molecule has 122 valence electrons. The lowest BCUT2D eigenvalue weighted by atomic mass is 9.77. The van der Waals surface area contributed by atoms with E-state index in [1.54, 1.807) is 0 Å². The predicted molar refractivity (Wildman–Crippen MR) is 89.5 cm³/mol. The molecule has 2 atom stereocenters. The molecule has 2 aliphatic carbocycles. The van der Waals surface area contributed by atoms with Gasteiger partial charge in [-0.15, -0.1) is 11.6 Å². The van der Waals surface area contributed by atoms with Crippen molar-refractivity contribution in [3.63, 3.8) is 0 Å². The minimum atomic E-state index is -0.0701. The van der Waals surface area contributed by atoms with E-state index in [0.717, 1.165) is 31.7 Å². The van der Waals surface area contributed by atoms with Crippen molar-refractivity contribution in [1.29, 1.82) is 0 Å². The van der Waals surface area contributed by atoms with E-state index in [1.807, 2.05) is 0 Å². The minimum Gasteiger partial charge on any atom is -0.355 e. The predicted octanol–water partition coefficient (Wildman–Crippen LogP) is 4.75. The van der Waals surface area contributed by atoms with E-state index in [4.69, 9.17) is 11.6 Å². The summed E-state index contributed by atoms with van der Waals surface area (Å²) in [6.07, 6.45) is 10.7. The smallest absolute Gasteiger partial charge is 0.226 e. The number of hydrogen-bond donors (Lipinski definition) is 1. The minimum absolute atomic E-state index is 0.0701. The summed E-state index contributed by atoms with van der Waals surface area (Å²) in [4.78, 5) is 12.8. The van der Waals surface area contributed by atoms with Crippen LogP contribution in [-0.4, -0.2) is 18.3 Å². The maximum Gasteiger partial charge on any atom is 0.226 e. The molecule has 2 aliphatic rings. The number of carbonyl (C=O) groups is 1. The van der Waals surface area contributed by atoms with E-state index in [-0.39, 0.29) is 5.41 Å². The molecule has 0 spiro atoms. The summed E-state index contributed by atoms with van der Waals surface area (Å²) in [5, 5.41) is 3.31. The average Bonchev–Trinajstić information content (AvgIpc) is 2.94. The molecule has 0 aromatic carbocycles. The van der Waals surface area contributed by atoms with Crippen LogP contribution in [0.3, 0.4) is 0 Å². The van der Waals surface area contributed by atoms with Crippen molar-refractivity contribution in [1.82, 2.24) is 5.32 Å². The molecule has 2 unspecified atom stereocenters. The largest absolute Gasteiger partial charge is 0.355 e. The monoisotopic (exact) mass is 313 g/mol. The number of carbonyl (C=O) groups excluding carboxylic acids is 1. The first-order valence-corrected chi connectivity index (χ1v) is 9.45. The molecule has 0 heterocycles. The Morgan fingerprint density at radius 2 is 1.76 bits per heavy atom. The van der Waals surface area contributed by atoms with Crippen molar-refractivity contribution in [2.45, 2.75) is 71.6 Å². The van der Waals surface area contributed by atoms with Crippen LogP contribution in [0.25, 0.3) is 0 Å². The average molecular weight is 314 g/mol. The highest BCUT2D eigenvalue weighted by Crippen LogP contribution is 2.43. The number of amides is 1. The molecular weight excluding hydrogens is 282 g/mol. The third kappa shape index (κ3) is 4.37. The Hall–Kier alpha value is -0.240. The van der Waals surface area contributed by atoms with Gasteiger partial charge in [0.2, 0.25) is 5.91 Å². The third-order valence-corrected chi connectivity index (χ3v) is 6.03. The first-order valence-electron chi connectivity index (χ1n) is 8.91. The van der Waals surface area contributed by atoms with Crippen molar-refractivity contribution in [3.05, 3.63) is 0 Å². The lowest BCUT2D eigenvalue weighted by Crippen LogP contribution is -2.43. The van der Waals surface area contributed by atoms with Crippen molar-refractivity contribution >= 4 is 17.5 Å². The van der Waals surface area contributed by atoms with Gasteiger partial charge in [0.25, 0.3) is 0 Å². The van der Waals surface area contributed by atoms with Gasteiger partial charge >= 0.3 is 0 Å². The summed E-state index contributed by atoms with van der Waals surface area (Å²) in [5.74, 6) is 2.87. The van der Waals surface area contributed by atoms with Gasteiger partial charge in [-0.1, -0.05) is 39.5 Å². The summed E-state index contributed by atoms with van der Waals surface area (Å²) in [7, 11) is 0. The molecule has 0 saturated heterocycles. The van der Waals surface area contributed by atoms with Gasteiger partial charge in [-0.2, -0.15) is 0 Å². The van der Waals surface area contributed by atoms with Crippen molar-refractivity contribution < 1.29 is 4.79 Å². The van der Waals surface area contributed by atoms with Crippen molar-refractivity contribution in [2.24, 2.45) is 23.2 Å². The Morgan fingerprint density at radius 1 is 1.14 bits per heavy atom. The zero-order chi connectivity index (χ0) is 15.3. The van der Waals surface area contributed by atoms with E-state index in [1.165, 1.54) is 38.5 Å². The van der Waals surface area contributed by atoms with Gasteiger partial charge in [0.05, 0.1) is 0 Å². The van der Waals surface area contributed by atoms with Crippen molar-refractivity contribution in [3.8, 4) is 0 Å². The molecule has 2 rings (SSSR count). The van der Waals surface area contributed by atoms with E-state index in [9.17, 15) is 4.79 Å². The van der Waals surface area contributed by atoms with Gasteiger partial charge in [0.15, 0.2) is 0 Å². The lowest BCUT2D eigenvalue weighted by Gasteiger charge is -2.33. The summed E-state index contributed by atoms with van der Waals surface area (Å²) < 4.78 is 0. The Labute approximate surface area is 135 Å². The number of hydrogen-bond acceptors (Lipinski definition) is 1. The van der Waals surface area contributed by atoms with Gasteiger partial charge in [0.1, 0.15) is 0 Å². The van der Waals surface area contributed by atoms with Crippen molar-refractivity contribution in [2.75, 3.05) is 12.4 Å². The summed E-state index contributed by atoms with van der Waals surface area (Å²) in [5.41, 5.74) is -0.0701. The van der Waals surface area contributed by atoms with Gasteiger partial charge < -0.3 is 5.32 Å². The molecule has 1 N–H and O–H groups in total. The van der Waals surface area contributed by atoms with Crippen LogP contribution in [0.1, 0.15) is 71.6 Å². The summed E-state index contributed by atoms with van der Waals surface area (Å²) in [6.45, 7) is 5.31. The topological polar surface area (TPSA) is 29.1 Å². The quantitative estimate of drug-likeness (QED) is 0.704. The van der Waals surface area contributed by atoms with Crippen LogP contribution in [0, 0.1) is 23.2 Å². The molecule has 2 saturated carbocycles. The fraction of sp³-hybridized carbons (Fsp3) is 0.944. The Morgan fingerprint density at radius 3 is 2.33 bits per heavy atom. The number of rotatable bonds is 6. The number of alkyl halides is 1. The second kappa shape index (κ2) is 7.85. The van der Waals surface area contributed by atoms with Crippen LogP contribution in [0.2, 0.25) is 0 Å². The van der Waals surface area contributed by atoms with Gasteiger partial charge in [0, 0.05) is 17.8 Å². The Balaban J connectivity index is 1.90. The number of nitrogens with one attached hydrogen (secondary N) is 1. The fourth-order valence-electron chi connectivity index (χ4n) is 4.52. The molecule has 0 aromatic rings. The second-order valence-electron chi connectivity index (χ2n) is 7.75. The van der Waals surface area contributed by atoms with E-state index >= 15 is 0 Å². The highest BCUT2D eigenvalue weighted by molar-refractivity contribution is 6.18. The fourth-order valence-corrected chi connectivity index (χ4v) is 4.93. The third-order valence-electron chi connectivity index (χ3n) is 5.63. The standard InChI is InChI=1S/C18H32ClNO/c1-14(2)11-18(9-5-6-10-18)17(21)20-13-16-8-4-3-7-15(16)12-19/h14-16H,3-13H2,1-2H3,(H,20,21). The number of halogens is 1. The zero-order valence-corrected chi connectivity index (χ0v) is 14.6. The Bertz CT molecular complexity index is 336. The van der Waals surface area contributed by atoms with Gasteiger partial charge in [-0.25, -0.2) is 0 Å². The molecule has 1 amide bonds. The molecule has 0 radical (unpaired) electrons. The molecule has 0 bridgehead atoms. The summed E-state index contributed by atoms with van der Waals surface area (Å²) >= 11 is 6.10. The zero-order valence-electron chi connectivity index (χ0n) is 13.8. The first kappa shape index (κ1) is 17.1.